The molecule has 1 rings (SSSR count). The van der Waals surface area contributed by atoms with E-state index >= 15 is 0 Å². The van der Waals surface area contributed by atoms with Crippen LogP contribution in [0.5, 0.6) is 0 Å². The van der Waals surface area contributed by atoms with E-state index in [1.54, 1.807) is 0 Å². The van der Waals surface area contributed by atoms with Crippen LogP contribution in [0, 0.1) is 5.92 Å². The molecule has 13 heavy (non-hydrogen) atoms. The van der Waals surface area contributed by atoms with Crippen LogP contribution < -0.4 is 0 Å². The maximum Gasteiger partial charge on any atom is 0.0675 e. The lowest BCUT2D eigenvalue weighted by Crippen LogP contribution is -2.56. The van der Waals surface area contributed by atoms with Gasteiger partial charge in [-0.25, -0.2) is 0 Å². The lowest BCUT2D eigenvalue weighted by atomic mass is 9.99. The number of hydrogen-bond donors (Lipinski definition) is 0. The van der Waals surface area contributed by atoms with E-state index in [1.807, 2.05) is 0 Å². The predicted molar refractivity (Wildman–Crippen MR) is 55.9 cm³/mol. The Kier molecular flexibility index (Phi) is 3.36. The number of nitrogens with zero attached hydrogens (tertiary/aromatic N) is 1. The van der Waals surface area contributed by atoms with Crippen molar-refractivity contribution in [3.63, 3.8) is 0 Å². The SMILES string of the molecule is CC(C)CN1CC(C)OCC1(C)C. The number of hydrogen-bond acceptors (Lipinski definition) is 2. The van der Waals surface area contributed by atoms with Crippen LogP contribution in [-0.4, -0.2) is 36.2 Å². The number of rotatable bonds is 2. The number of morpholine rings is 1. The first-order valence-corrected chi connectivity index (χ1v) is 5.28. The minimum Gasteiger partial charge on any atom is -0.375 e. The summed E-state index contributed by atoms with van der Waals surface area (Å²) in [5, 5.41) is 0. The molecule has 1 atom stereocenters. The second-order valence-corrected chi connectivity index (χ2v) is 5.23. The highest BCUT2D eigenvalue weighted by Gasteiger charge is 2.33. The molecule has 78 valence electrons. The van der Waals surface area contributed by atoms with E-state index in [-0.39, 0.29) is 5.54 Å². The summed E-state index contributed by atoms with van der Waals surface area (Å²) < 4.78 is 5.66. The molecule has 0 bridgehead atoms. The fourth-order valence-corrected chi connectivity index (χ4v) is 1.81. The molecule has 1 aliphatic rings. The van der Waals surface area contributed by atoms with Gasteiger partial charge in [-0.3, -0.25) is 4.90 Å². The summed E-state index contributed by atoms with van der Waals surface area (Å²) in [6.07, 6.45) is 0.395. The molecule has 0 aromatic heterocycles. The molecule has 1 fully saturated rings. The summed E-state index contributed by atoms with van der Waals surface area (Å²) in [6.45, 7) is 14.4. The Morgan fingerprint density at radius 3 is 2.62 bits per heavy atom. The van der Waals surface area contributed by atoms with Crippen LogP contribution in [0.15, 0.2) is 0 Å². The van der Waals surface area contributed by atoms with Gasteiger partial charge in [0.05, 0.1) is 12.7 Å². The summed E-state index contributed by atoms with van der Waals surface area (Å²) in [4.78, 5) is 2.55. The molecular weight excluding hydrogens is 162 g/mol. The van der Waals surface area contributed by atoms with E-state index in [0.717, 1.165) is 19.1 Å². The summed E-state index contributed by atoms with van der Waals surface area (Å²) in [5.74, 6) is 0.740. The summed E-state index contributed by atoms with van der Waals surface area (Å²) in [7, 11) is 0. The maximum atomic E-state index is 5.66. The summed E-state index contributed by atoms with van der Waals surface area (Å²) in [6, 6.07) is 0. The molecule has 2 heteroatoms. The van der Waals surface area contributed by atoms with E-state index in [9.17, 15) is 0 Å². The largest absolute Gasteiger partial charge is 0.375 e. The normalized spacial score (nSPS) is 29.5. The van der Waals surface area contributed by atoms with Crippen molar-refractivity contribution < 1.29 is 4.74 Å². The Labute approximate surface area is 82.3 Å². The van der Waals surface area contributed by atoms with Crippen LogP contribution in [0.25, 0.3) is 0 Å². The highest BCUT2D eigenvalue weighted by Crippen LogP contribution is 2.22. The minimum atomic E-state index is 0.219. The molecule has 0 aromatic carbocycles. The zero-order chi connectivity index (χ0) is 10.1. The van der Waals surface area contributed by atoms with Gasteiger partial charge >= 0.3 is 0 Å². The molecule has 1 unspecified atom stereocenters. The van der Waals surface area contributed by atoms with E-state index in [2.05, 4.69) is 39.5 Å². The monoisotopic (exact) mass is 185 g/mol. The second kappa shape index (κ2) is 3.97. The Morgan fingerprint density at radius 1 is 1.46 bits per heavy atom. The van der Waals surface area contributed by atoms with Crippen LogP contribution in [0.4, 0.5) is 0 Å². The Balaban J connectivity index is 2.56. The van der Waals surface area contributed by atoms with Crippen LogP contribution >= 0.6 is 0 Å². The van der Waals surface area contributed by atoms with Crippen molar-refractivity contribution in [1.82, 2.24) is 4.90 Å². The van der Waals surface area contributed by atoms with Crippen molar-refractivity contribution in [2.75, 3.05) is 19.7 Å². The Morgan fingerprint density at radius 2 is 2.08 bits per heavy atom. The third-order valence-corrected chi connectivity index (χ3v) is 2.64. The van der Waals surface area contributed by atoms with Gasteiger partial charge < -0.3 is 4.74 Å². The van der Waals surface area contributed by atoms with E-state index in [4.69, 9.17) is 4.74 Å². The van der Waals surface area contributed by atoms with Gasteiger partial charge in [0.1, 0.15) is 0 Å². The fourth-order valence-electron chi connectivity index (χ4n) is 1.81. The minimum absolute atomic E-state index is 0.219. The highest BCUT2D eigenvalue weighted by atomic mass is 16.5. The van der Waals surface area contributed by atoms with Gasteiger partial charge in [-0.15, -0.1) is 0 Å². The maximum absolute atomic E-state index is 5.66. The summed E-state index contributed by atoms with van der Waals surface area (Å²) in [5.41, 5.74) is 0.219. The van der Waals surface area contributed by atoms with Crippen LogP contribution in [0.1, 0.15) is 34.6 Å². The van der Waals surface area contributed by atoms with Gasteiger partial charge in [0.2, 0.25) is 0 Å². The van der Waals surface area contributed by atoms with Crippen molar-refractivity contribution in [3.05, 3.63) is 0 Å². The van der Waals surface area contributed by atoms with Crippen LogP contribution in [-0.2, 0) is 4.74 Å². The standard InChI is InChI=1S/C11H23NO/c1-9(2)6-12-7-10(3)13-8-11(12,4)5/h9-10H,6-8H2,1-5H3. The zero-order valence-corrected chi connectivity index (χ0v) is 9.63. The molecule has 0 saturated carbocycles. The fraction of sp³-hybridized carbons (Fsp3) is 1.00. The van der Waals surface area contributed by atoms with Gasteiger partial charge in [-0.05, 0) is 26.7 Å². The lowest BCUT2D eigenvalue weighted by Gasteiger charge is -2.45. The smallest absolute Gasteiger partial charge is 0.0675 e. The number of ether oxygens (including phenoxy) is 1. The van der Waals surface area contributed by atoms with Gasteiger partial charge in [0, 0.05) is 18.6 Å². The third-order valence-electron chi connectivity index (χ3n) is 2.64. The van der Waals surface area contributed by atoms with Crippen molar-refractivity contribution in [2.45, 2.75) is 46.3 Å². The Hall–Kier alpha value is -0.0800. The first kappa shape index (κ1) is 11.0. The average Bonchev–Trinajstić information content (AvgIpc) is 1.97. The molecular formula is C11H23NO. The molecule has 0 aliphatic carbocycles. The topological polar surface area (TPSA) is 12.5 Å². The molecule has 0 aromatic rings. The second-order valence-electron chi connectivity index (χ2n) is 5.23. The van der Waals surface area contributed by atoms with Crippen molar-refractivity contribution >= 4 is 0 Å². The first-order chi connectivity index (χ1) is 5.92. The van der Waals surface area contributed by atoms with Crippen molar-refractivity contribution in [3.8, 4) is 0 Å². The molecule has 1 aliphatic heterocycles. The van der Waals surface area contributed by atoms with E-state index in [1.165, 1.54) is 6.54 Å². The van der Waals surface area contributed by atoms with Gasteiger partial charge in [0.15, 0.2) is 0 Å². The molecule has 1 heterocycles. The van der Waals surface area contributed by atoms with E-state index in [0.29, 0.717) is 6.10 Å². The molecule has 0 N–H and O–H groups in total. The van der Waals surface area contributed by atoms with Crippen molar-refractivity contribution in [1.29, 1.82) is 0 Å². The predicted octanol–water partition coefficient (Wildman–Crippen LogP) is 2.14. The first-order valence-electron chi connectivity index (χ1n) is 5.28. The van der Waals surface area contributed by atoms with Gasteiger partial charge in [-0.1, -0.05) is 13.8 Å². The molecule has 1 saturated heterocycles. The lowest BCUT2D eigenvalue weighted by molar-refractivity contribution is -0.0946. The zero-order valence-electron chi connectivity index (χ0n) is 9.63. The van der Waals surface area contributed by atoms with E-state index < -0.39 is 0 Å². The average molecular weight is 185 g/mol. The Bertz CT molecular complexity index is 163. The van der Waals surface area contributed by atoms with Gasteiger partial charge in [0.25, 0.3) is 0 Å². The van der Waals surface area contributed by atoms with Crippen molar-refractivity contribution in [2.24, 2.45) is 5.92 Å². The third kappa shape index (κ3) is 2.96. The molecule has 0 radical (unpaired) electrons. The van der Waals surface area contributed by atoms with Crippen LogP contribution in [0.3, 0.4) is 0 Å². The molecule has 0 spiro atoms. The van der Waals surface area contributed by atoms with Crippen LogP contribution in [0.2, 0.25) is 0 Å². The quantitative estimate of drug-likeness (QED) is 0.653. The van der Waals surface area contributed by atoms with Gasteiger partial charge in [-0.2, -0.15) is 0 Å². The summed E-state index contributed by atoms with van der Waals surface area (Å²) >= 11 is 0. The highest BCUT2D eigenvalue weighted by molar-refractivity contribution is 4.86. The molecule has 2 nitrogen and oxygen atoms in total. The molecule has 0 amide bonds.